The van der Waals surface area contributed by atoms with E-state index in [1.54, 1.807) is 17.5 Å². The van der Waals surface area contributed by atoms with Gasteiger partial charge in [0.2, 0.25) is 5.91 Å². The lowest BCUT2D eigenvalue weighted by Gasteiger charge is -2.36. The highest BCUT2D eigenvalue weighted by molar-refractivity contribution is 7.15. The second-order valence-electron chi connectivity index (χ2n) is 15.2. The van der Waals surface area contributed by atoms with E-state index in [1.165, 1.54) is 4.88 Å². The van der Waals surface area contributed by atoms with E-state index in [4.69, 9.17) is 16.6 Å². The number of pyridine rings is 1. The van der Waals surface area contributed by atoms with Gasteiger partial charge in [-0.05, 0) is 89.9 Å². The molecule has 0 bridgehead atoms. The van der Waals surface area contributed by atoms with Crippen LogP contribution >= 0.6 is 22.9 Å². The molecule has 0 saturated carbocycles. The predicted molar refractivity (Wildman–Crippen MR) is 225 cm³/mol. The fraction of sp³-hybridized carbons (Fsp3) is 0.357. The number of hydrogen-bond acceptors (Lipinski definition) is 9. The number of thiophene rings is 1. The fourth-order valence-electron chi connectivity index (χ4n) is 7.92. The lowest BCUT2D eigenvalue weighted by molar-refractivity contribution is -0.131. The van der Waals surface area contributed by atoms with E-state index >= 15 is 0 Å². The summed E-state index contributed by atoms with van der Waals surface area (Å²) in [5.41, 5.74) is 7.99. The maximum absolute atomic E-state index is 14.2. The Morgan fingerprint density at radius 1 is 1.00 bits per heavy atom. The first-order valence-corrected chi connectivity index (χ1v) is 20.4. The predicted octanol–water partition coefficient (Wildman–Crippen LogP) is 6.70. The third kappa shape index (κ3) is 7.05. The summed E-state index contributed by atoms with van der Waals surface area (Å²) in [5, 5.41) is 19.0. The number of fused-ring (bicyclic) bond motifs is 4. The number of piperazine rings is 1. The summed E-state index contributed by atoms with van der Waals surface area (Å²) < 4.78 is 3.98. The number of aromatic nitrogens is 6. The minimum atomic E-state index is -0.555. The van der Waals surface area contributed by atoms with E-state index in [2.05, 4.69) is 68.8 Å². The van der Waals surface area contributed by atoms with E-state index in [0.717, 1.165) is 61.1 Å². The highest BCUT2D eigenvalue weighted by Crippen LogP contribution is 2.40. The zero-order chi connectivity index (χ0) is 40.3. The molecule has 1 fully saturated rings. The topological polar surface area (TPSA) is 146 Å². The number of anilines is 1. The van der Waals surface area contributed by atoms with Crippen molar-refractivity contribution in [2.24, 2.45) is 4.99 Å². The van der Waals surface area contributed by atoms with Gasteiger partial charge in [0.25, 0.3) is 11.5 Å². The summed E-state index contributed by atoms with van der Waals surface area (Å²) in [5.74, 6) is 1.09. The number of aryl methyl sites for hydroxylation is 4. The molecule has 2 aliphatic heterocycles. The van der Waals surface area contributed by atoms with Crippen LogP contribution < -0.4 is 15.8 Å². The van der Waals surface area contributed by atoms with Crippen molar-refractivity contribution in [3.63, 3.8) is 0 Å². The van der Waals surface area contributed by atoms with Crippen molar-refractivity contribution in [2.75, 3.05) is 31.1 Å². The van der Waals surface area contributed by atoms with Crippen LogP contribution in [0.3, 0.4) is 0 Å². The molecule has 57 heavy (non-hydrogen) atoms. The summed E-state index contributed by atoms with van der Waals surface area (Å²) in [6, 6.07) is 13.0. The van der Waals surface area contributed by atoms with E-state index in [-0.39, 0.29) is 36.4 Å². The Labute approximate surface area is 339 Å². The SMILES string of the molecule is Cc1cc(C)c(CNC(=O)c2cc(N3CCN(C(=O)C[C@@H]4N=C(c5ccc(Cl)cc5)c5c(sc(C)c5C)-n5c(C)nnc54)CC3)cc3c2cnn3C(C)C)c(=O)[nH]1. The molecule has 2 N–H and O–H groups in total. The summed E-state index contributed by atoms with van der Waals surface area (Å²) in [7, 11) is 0. The molecule has 15 heteroatoms. The maximum atomic E-state index is 14.2. The Bertz CT molecular complexity index is 2640. The average Bonchev–Trinajstić information content (AvgIpc) is 3.84. The van der Waals surface area contributed by atoms with Crippen molar-refractivity contribution in [1.82, 2.24) is 39.7 Å². The Hall–Kier alpha value is -5.60. The van der Waals surface area contributed by atoms with Crippen LogP contribution in [0.2, 0.25) is 5.02 Å². The first-order valence-electron chi connectivity index (χ1n) is 19.2. The number of H-pyrrole nitrogens is 1. The number of aromatic amines is 1. The van der Waals surface area contributed by atoms with Crippen LogP contribution in [0, 0.1) is 34.6 Å². The monoisotopic (exact) mass is 804 g/mol. The van der Waals surface area contributed by atoms with Crippen LogP contribution in [0.5, 0.6) is 0 Å². The number of amides is 2. The number of nitrogens with one attached hydrogen (secondary N) is 2. The number of halogens is 1. The van der Waals surface area contributed by atoms with Crippen molar-refractivity contribution in [3.8, 4) is 5.00 Å². The van der Waals surface area contributed by atoms with E-state index in [1.807, 2.05) is 66.8 Å². The van der Waals surface area contributed by atoms with Gasteiger partial charge in [-0.2, -0.15) is 5.10 Å². The summed E-state index contributed by atoms with van der Waals surface area (Å²) >= 11 is 7.97. The fourth-order valence-corrected chi connectivity index (χ4v) is 9.26. The molecule has 0 unspecified atom stereocenters. The number of carbonyl (C=O) groups excluding carboxylic acids is 2. The first kappa shape index (κ1) is 38.3. The Morgan fingerprint density at radius 3 is 2.44 bits per heavy atom. The highest BCUT2D eigenvalue weighted by Gasteiger charge is 2.34. The lowest BCUT2D eigenvalue weighted by atomic mass is 9.99. The molecule has 0 aliphatic carbocycles. The average molecular weight is 805 g/mol. The molecule has 4 aromatic heterocycles. The Morgan fingerprint density at radius 2 is 1.74 bits per heavy atom. The minimum Gasteiger partial charge on any atom is -0.368 e. The van der Waals surface area contributed by atoms with Gasteiger partial charge in [0.1, 0.15) is 16.9 Å². The highest BCUT2D eigenvalue weighted by atomic mass is 35.5. The van der Waals surface area contributed by atoms with Crippen molar-refractivity contribution in [3.05, 3.63) is 120 Å². The molecule has 0 spiro atoms. The minimum absolute atomic E-state index is 0.0148. The molecule has 2 aromatic carbocycles. The molecular formula is C42H45ClN10O3S. The van der Waals surface area contributed by atoms with Crippen LogP contribution in [0.25, 0.3) is 15.9 Å². The largest absolute Gasteiger partial charge is 0.368 e. The van der Waals surface area contributed by atoms with Gasteiger partial charge in [-0.15, -0.1) is 21.5 Å². The second-order valence-corrected chi connectivity index (χ2v) is 16.9. The van der Waals surface area contributed by atoms with Gasteiger partial charge >= 0.3 is 0 Å². The molecule has 2 amide bonds. The van der Waals surface area contributed by atoms with E-state index < -0.39 is 6.04 Å². The van der Waals surface area contributed by atoms with E-state index in [0.29, 0.717) is 48.2 Å². The van der Waals surface area contributed by atoms with Crippen molar-refractivity contribution in [1.29, 1.82) is 0 Å². The van der Waals surface area contributed by atoms with Crippen molar-refractivity contribution < 1.29 is 9.59 Å². The number of benzene rings is 2. The number of rotatable bonds is 8. The maximum Gasteiger partial charge on any atom is 0.253 e. The van der Waals surface area contributed by atoms with Crippen molar-refractivity contribution in [2.45, 2.75) is 73.5 Å². The molecule has 1 saturated heterocycles. The van der Waals surface area contributed by atoms with Crippen LogP contribution in [-0.4, -0.2) is 78.1 Å². The van der Waals surface area contributed by atoms with Crippen molar-refractivity contribution >= 4 is 57.1 Å². The molecule has 294 valence electrons. The molecule has 6 heterocycles. The zero-order valence-electron chi connectivity index (χ0n) is 33.1. The van der Waals surface area contributed by atoms with Crippen LogP contribution in [0.1, 0.15) is 92.7 Å². The number of hydrogen-bond donors (Lipinski definition) is 2. The molecule has 2 aliphatic rings. The quantitative estimate of drug-likeness (QED) is 0.174. The molecule has 1 atom stereocenters. The Balaban J connectivity index is 1.04. The summed E-state index contributed by atoms with van der Waals surface area (Å²) in [6.07, 6.45) is 1.86. The van der Waals surface area contributed by atoms with Gasteiger partial charge in [-0.25, -0.2) is 0 Å². The summed E-state index contributed by atoms with van der Waals surface area (Å²) in [6.45, 7) is 16.2. The smallest absolute Gasteiger partial charge is 0.253 e. The first-order chi connectivity index (χ1) is 27.3. The third-order valence-corrected chi connectivity index (χ3v) is 12.5. The van der Waals surface area contributed by atoms with Gasteiger partial charge in [-0.1, -0.05) is 23.7 Å². The Kier molecular flexibility index (Phi) is 10.1. The third-order valence-electron chi connectivity index (χ3n) is 11.1. The van der Waals surface area contributed by atoms with Gasteiger partial charge in [0.05, 0.1) is 29.4 Å². The molecule has 13 nitrogen and oxygen atoms in total. The normalized spacial score (nSPS) is 15.5. The number of aliphatic imine (C=N–C) groups is 1. The zero-order valence-corrected chi connectivity index (χ0v) is 34.7. The van der Waals surface area contributed by atoms with Gasteiger partial charge in [-0.3, -0.25) is 28.6 Å². The van der Waals surface area contributed by atoms with Crippen LogP contribution in [-0.2, 0) is 11.3 Å². The lowest BCUT2D eigenvalue weighted by Crippen LogP contribution is -2.49. The molecule has 8 rings (SSSR count). The standard InChI is InChI=1S/C42H45ClN10O3S/c1-22(2)53-35-18-30(17-31(33(35)21-45-53)40(55)44-20-32-23(3)16-24(4)46-41(32)56)50-12-14-51(15-13-50)36(54)19-34-39-49-48-27(7)52(39)42-37(25(5)26(6)57-42)38(47-34)28-8-10-29(43)11-9-28/h8-11,16-18,21-22,34H,12-15,19-20H2,1-7H3,(H,44,55)(H,46,56)/t34-/m0/s1. The molecule has 6 aromatic rings. The van der Waals surface area contributed by atoms with Crippen LogP contribution in [0.15, 0.2) is 58.4 Å². The molecule has 0 radical (unpaired) electrons. The second kappa shape index (κ2) is 15.1. The summed E-state index contributed by atoms with van der Waals surface area (Å²) in [4.78, 5) is 54.1. The van der Waals surface area contributed by atoms with Crippen LogP contribution in [0.4, 0.5) is 5.69 Å². The molecular weight excluding hydrogens is 760 g/mol. The number of carbonyl (C=O) groups is 2. The van der Waals surface area contributed by atoms with E-state index in [9.17, 15) is 14.4 Å². The number of nitrogens with zero attached hydrogens (tertiary/aromatic N) is 8. The van der Waals surface area contributed by atoms with Gasteiger partial charge < -0.3 is 20.1 Å². The van der Waals surface area contributed by atoms with Gasteiger partial charge in [0.15, 0.2) is 5.82 Å². The van der Waals surface area contributed by atoms with Gasteiger partial charge in [0, 0.05) is 82.1 Å².